The van der Waals surface area contributed by atoms with Crippen molar-refractivity contribution in [3.05, 3.63) is 69.7 Å². The molecule has 1 aliphatic rings. The molecule has 1 fully saturated rings. The highest BCUT2D eigenvalue weighted by molar-refractivity contribution is 5.98. The number of nitro groups is 1. The first-order valence-electron chi connectivity index (χ1n) is 9.31. The summed E-state index contributed by atoms with van der Waals surface area (Å²) in [4.78, 5) is 29.3. The van der Waals surface area contributed by atoms with E-state index in [1.807, 2.05) is 0 Å². The summed E-state index contributed by atoms with van der Waals surface area (Å²) in [5.74, 6) is -0.726. The van der Waals surface area contributed by atoms with Crippen LogP contribution in [0.25, 0.3) is 10.9 Å². The van der Waals surface area contributed by atoms with Crippen LogP contribution >= 0.6 is 0 Å². The van der Waals surface area contributed by atoms with Gasteiger partial charge < -0.3 is 14.8 Å². The molecule has 0 spiro atoms. The first-order chi connectivity index (χ1) is 14.6. The maximum Gasteiger partial charge on any atom is 0.416 e. The summed E-state index contributed by atoms with van der Waals surface area (Å²) >= 11 is 0. The Morgan fingerprint density at radius 2 is 1.74 bits per heavy atom. The van der Waals surface area contributed by atoms with Crippen LogP contribution in [0, 0.1) is 15.9 Å². The van der Waals surface area contributed by atoms with Gasteiger partial charge >= 0.3 is 6.18 Å². The van der Waals surface area contributed by atoms with Gasteiger partial charge in [0.15, 0.2) is 0 Å². The number of piperazine rings is 1. The van der Waals surface area contributed by atoms with E-state index < -0.39 is 28.2 Å². The number of carbonyl (C=O) groups excluding carboxylic acids is 1. The third-order valence-electron chi connectivity index (χ3n) is 5.22. The Morgan fingerprint density at radius 3 is 2.39 bits per heavy atom. The molecule has 0 saturated carbocycles. The molecule has 31 heavy (non-hydrogen) atoms. The molecule has 0 bridgehead atoms. The van der Waals surface area contributed by atoms with Gasteiger partial charge in [0.05, 0.1) is 10.5 Å². The van der Waals surface area contributed by atoms with E-state index >= 15 is 0 Å². The molecule has 3 aromatic rings. The number of aromatic nitrogens is 1. The number of nitrogens with zero attached hydrogens (tertiary/aromatic N) is 3. The molecule has 2 heterocycles. The number of H-pyrrole nitrogens is 1. The van der Waals surface area contributed by atoms with E-state index in [-0.39, 0.29) is 43.5 Å². The van der Waals surface area contributed by atoms with E-state index in [1.165, 1.54) is 23.1 Å². The predicted molar refractivity (Wildman–Crippen MR) is 104 cm³/mol. The van der Waals surface area contributed by atoms with Crippen molar-refractivity contribution in [2.75, 3.05) is 31.1 Å². The predicted octanol–water partition coefficient (Wildman–Crippen LogP) is 4.20. The number of hydrogen-bond acceptors (Lipinski definition) is 4. The highest BCUT2D eigenvalue weighted by atomic mass is 19.4. The molecule has 0 aliphatic carbocycles. The Bertz CT molecular complexity index is 1170. The molecule has 0 atom stereocenters. The maximum atomic E-state index is 13.4. The number of alkyl halides is 3. The summed E-state index contributed by atoms with van der Waals surface area (Å²) in [6, 6.07) is 8.09. The van der Waals surface area contributed by atoms with Crippen molar-refractivity contribution in [1.82, 2.24) is 9.88 Å². The van der Waals surface area contributed by atoms with Crippen LogP contribution in [-0.2, 0) is 6.18 Å². The molecule has 1 N–H and O–H groups in total. The van der Waals surface area contributed by atoms with Gasteiger partial charge in [-0.3, -0.25) is 14.9 Å². The topological polar surface area (TPSA) is 82.5 Å². The largest absolute Gasteiger partial charge is 0.416 e. The summed E-state index contributed by atoms with van der Waals surface area (Å²) in [5, 5.41) is 11.9. The number of halogens is 4. The van der Waals surface area contributed by atoms with Crippen molar-refractivity contribution in [1.29, 1.82) is 0 Å². The molecule has 1 aliphatic heterocycles. The van der Waals surface area contributed by atoms with Crippen molar-refractivity contribution in [2.24, 2.45) is 0 Å². The van der Waals surface area contributed by atoms with E-state index in [0.717, 1.165) is 12.1 Å². The Kier molecular flexibility index (Phi) is 5.03. The van der Waals surface area contributed by atoms with E-state index in [0.29, 0.717) is 17.0 Å². The van der Waals surface area contributed by atoms with E-state index in [2.05, 4.69) is 4.98 Å². The smallest absolute Gasteiger partial charge is 0.362 e. The van der Waals surface area contributed by atoms with Crippen molar-refractivity contribution in [3.63, 3.8) is 0 Å². The highest BCUT2D eigenvalue weighted by Crippen LogP contribution is 2.36. The molecule has 11 heteroatoms. The number of nitrogens with one attached hydrogen (secondary N) is 1. The third kappa shape index (κ3) is 4.03. The highest BCUT2D eigenvalue weighted by Gasteiger charge is 2.34. The van der Waals surface area contributed by atoms with Crippen LogP contribution in [0.5, 0.6) is 0 Å². The molecule has 0 radical (unpaired) electrons. The van der Waals surface area contributed by atoms with Crippen LogP contribution < -0.4 is 4.90 Å². The fourth-order valence-corrected chi connectivity index (χ4v) is 3.65. The van der Waals surface area contributed by atoms with Crippen molar-refractivity contribution in [3.8, 4) is 0 Å². The number of anilines is 1. The number of benzene rings is 2. The molecule has 7 nitrogen and oxygen atoms in total. The van der Waals surface area contributed by atoms with Gasteiger partial charge in [0.2, 0.25) is 0 Å². The molecule has 4 rings (SSSR count). The Hall–Kier alpha value is -3.63. The van der Waals surface area contributed by atoms with Crippen molar-refractivity contribution in [2.45, 2.75) is 6.18 Å². The van der Waals surface area contributed by atoms with Crippen molar-refractivity contribution < 1.29 is 27.3 Å². The lowest BCUT2D eigenvalue weighted by atomic mass is 10.1. The van der Waals surface area contributed by atoms with Crippen LogP contribution in [0.4, 0.5) is 28.9 Å². The number of nitro benzene ring substituents is 1. The molecule has 2 aromatic carbocycles. The number of aromatic amines is 1. The lowest BCUT2D eigenvalue weighted by Gasteiger charge is -2.35. The van der Waals surface area contributed by atoms with Crippen LogP contribution in [0.1, 0.15) is 16.1 Å². The normalized spacial score (nSPS) is 14.8. The average Bonchev–Trinajstić information content (AvgIpc) is 3.15. The fraction of sp³-hybridized carbons (Fsp3) is 0.250. The van der Waals surface area contributed by atoms with Crippen LogP contribution in [-0.4, -0.2) is 46.9 Å². The zero-order valence-corrected chi connectivity index (χ0v) is 15.9. The Balaban J connectivity index is 1.50. The van der Waals surface area contributed by atoms with Crippen LogP contribution in [0.15, 0.2) is 42.5 Å². The molecule has 0 unspecified atom stereocenters. The molecular formula is C20H16F4N4O3. The third-order valence-corrected chi connectivity index (χ3v) is 5.22. The summed E-state index contributed by atoms with van der Waals surface area (Å²) in [5.41, 5.74) is -0.747. The minimum atomic E-state index is -4.68. The summed E-state index contributed by atoms with van der Waals surface area (Å²) < 4.78 is 52.1. The quantitative estimate of drug-likeness (QED) is 0.379. The fourth-order valence-electron chi connectivity index (χ4n) is 3.65. The van der Waals surface area contributed by atoms with E-state index in [4.69, 9.17) is 0 Å². The minimum absolute atomic E-state index is 0.0752. The Labute approximate surface area is 173 Å². The second-order valence-corrected chi connectivity index (χ2v) is 7.15. The lowest BCUT2D eigenvalue weighted by Crippen LogP contribution is -2.49. The van der Waals surface area contributed by atoms with Gasteiger partial charge in [-0.15, -0.1) is 0 Å². The standard InChI is InChI=1S/C20H16F4N4O3/c21-14-2-3-15-12(9-14)10-16(25-15)19(29)27-7-5-26(6-8-27)17-4-1-13(20(22,23)24)11-18(17)28(30)31/h1-4,9-11,25H,5-8H2. The van der Waals surface area contributed by atoms with Gasteiger partial charge in [0.25, 0.3) is 11.6 Å². The Morgan fingerprint density at radius 1 is 1.03 bits per heavy atom. The average molecular weight is 436 g/mol. The molecule has 162 valence electrons. The van der Waals surface area contributed by atoms with E-state index in [9.17, 15) is 32.5 Å². The van der Waals surface area contributed by atoms with Gasteiger partial charge in [0, 0.05) is 43.1 Å². The maximum absolute atomic E-state index is 13.4. The minimum Gasteiger partial charge on any atom is -0.362 e. The number of hydrogen-bond donors (Lipinski definition) is 1. The zero-order valence-electron chi connectivity index (χ0n) is 15.9. The van der Waals surface area contributed by atoms with E-state index in [1.54, 1.807) is 11.0 Å². The SMILES string of the molecule is O=C(c1cc2cc(F)ccc2[nH]1)N1CCN(c2ccc(C(F)(F)F)cc2[N+](=O)[O-])CC1. The second-order valence-electron chi connectivity index (χ2n) is 7.15. The zero-order chi connectivity index (χ0) is 22.3. The van der Waals surface area contributed by atoms with Gasteiger partial charge in [-0.25, -0.2) is 4.39 Å². The molecular weight excluding hydrogens is 420 g/mol. The number of carbonyl (C=O) groups is 1. The molecule has 1 amide bonds. The van der Waals surface area contributed by atoms with Gasteiger partial charge in [-0.2, -0.15) is 13.2 Å². The van der Waals surface area contributed by atoms with Gasteiger partial charge in [0.1, 0.15) is 17.2 Å². The monoisotopic (exact) mass is 436 g/mol. The molecule has 1 aromatic heterocycles. The summed E-state index contributed by atoms with van der Waals surface area (Å²) in [6.07, 6.45) is -4.68. The van der Waals surface area contributed by atoms with Gasteiger partial charge in [-0.05, 0) is 36.4 Å². The van der Waals surface area contributed by atoms with Crippen molar-refractivity contribution >= 4 is 28.2 Å². The van der Waals surface area contributed by atoms with Crippen LogP contribution in [0.3, 0.4) is 0 Å². The number of rotatable bonds is 3. The number of amides is 1. The first-order valence-corrected chi connectivity index (χ1v) is 9.31. The van der Waals surface area contributed by atoms with Crippen LogP contribution in [0.2, 0.25) is 0 Å². The first kappa shape index (κ1) is 20.6. The second kappa shape index (κ2) is 7.56. The molecule has 1 saturated heterocycles. The number of fused-ring (bicyclic) bond motifs is 1. The lowest BCUT2D eigenvalue weighted by molar-refractivity contribution is -0.384. The van der Waals surface area contributed by atoms with Gasteiger partial charge in [-0.1, -0.05) is 0 Å². The summed E-state index contributed by atoms with van der Waals surface area (Å²) in [6.45, 7) is 0.876. The summed E-state index contributed by atoms with van der Waals surface area (Å²) in [7, 11) is 0.